The van der Waals surface area contributed by atoms with Gasteiger partial charge in [0, 0.05) is 26.2 Å². The molecule has 1 unspecified atom stereocenters. The molecule has 0 saturated heterocycles. The summed E-state index contributed by atoms with van der Waals surface area (Å²) in [6.07, 6.45) is 2.06. The van der Waals surface area contributed by atoms with Crippen LogP contribution in [0.2, 0.25) is 0 Å². The molecule has 2 N–H and O–H groups in total. The number of aliphatic hydroxyl groups is 1. The molecule has 0 bridgehead atoms. The maximum absolute atomic E-state index is 11.9. The predicted molar refractivity (Wildman–Crippen MR) is 76.6 cm³/mol. The molecule has 0 spiro atoms. The molecule has 1 aromatic heterocycles. The van der Waals surface area contributed by atoms with Gasteiger partial charge in [-0.25, -0.2) is 4.68 Å². The Morgan fingerprint density at radius 1 is 1.53 bits per heavy atom. The maximum atomic E-state index is 11.9. The van der Waals surface area contributed by atoms with Gasteiger partial charge in [0.05, 0.1) is 24.5 Å². The molecule has 0 fully saturated rings. The zero-order valence-corrected chi connectivity index (χ0v) is 12.0. The molecule has 1 aromatic rings. The van der Waals surface area contributed by atoms with E-state index < -0.39 is 6.10 Å². The van der Waals surface area contributed by atoms with Gasteiger partial charge in [-0.15, -0.1) is 0 Å². The molecule has 0 aliphatic heterocycles. The van der Waals surface area contributed by atoms with Crippen LogP contribution < -0.4 is 15.8 Å². The average molecular weight is 268 g/mol. The molecule has 0 radical (unpaired) electrons. The smallest absolute Gasteiger partial charge is 0.268 e. The van der Waals surface area contributed by atoms with Crippen LogP contribution in [0.4, 0.5) is 5.69 Å². The summed E-state index contributed by atoms with van der Waals surface area (Å²) in [4.78, 5) is 13.8. The second-order valence-corrected chi connectivity index (χ2v) is 4.61. The van der Waals surface area contributed by atoms with E-state index in [-0.39, 0.29) is 12.1 Å². The van der Waals surface area contributed by atoms with Crippen molar-refractivity contribution in [2.24, 2.45) is 0 Å². The van der Waals surface area contributed by atoms with E-state index >= 15 is 0 Å². The van der Waals surface area contributed by atoms with E-state index in [1.165, 1.54) is 4.68 Å². The van der Waals surface area contributed by atoms with E-state index in [1.54, 1.807) is 12.3 Å². The number of rotatable bonds is 8. The van der Waals surface area contributed by atoms with Gasteiger partial charge < -0.3 is 15.3 Å². The predicted octanol–water partition coefficient (Wildman–Crippen LogP) is 0.0599. The summed E-state index contributed by atoms with van der Waals surface area (Å²) < 4.78 is 1.30. The third-order valence-corrected chi connectivity index (χ3v) is 2.96. The molecule has 1 atom stereocenters. The van der Waals surface area contributed by atoms with Gasteiger partial charge in [-0.1, -0.05) is 6.92 Å². The summed E-state index contributed by atoms with van der Waals surface area (Å²) in [6, 6.07) is 1.54. The van der Waals surface area contributed by atoms with Crippen molar-refractivity contribution < 1.29 is 5.11 Å². The minimum absolute atomic E-state index is 0.188. The Labute approximate surface area is 114 Å². The first-order valence-electron chi connectivity index (χ1n) is 6.75. The topological polar surface area (TPSA) is 70.4 Å². The zero-order valence-electron chi connectivity index (χ0n) is 12.0. The van der Waals surface area contributed by atoms with Gasteiger partial charge in [-0.3, -0.25) is 4.79 Å². The second kappa shape index (κ2) is 7.91. The molecule has 108 valence electrons. The highest BCUT2D eigenvalue weighted by molar-refractivity contribution is 5.41. The summed E-state index contributed by atoms with van der Waals surface area (Å²) in [5.41, 5.74) is 0.606. The Morgan fingerprint density at radius 3 is 2.84 bits per heavy atom. The highest BCUT2D eigenvalue weighted by Gasteiger charge is 2.08. The number of aliphatic hydroxyl groups excluding tert-OH is 1. The monoisotopic (exact) mass is 268 g/mol. The van der Waals surface area contributed by atoms with Crippen LogP contribution in [0.3, 0.4) is 0 Å². The number of hydrogen-bond acceptors (Lipinski definition) is 5. The van der Waals surface area contributed by atoms with Gasteiger partial charge in [0.15, 0.2) is 0 Å². The Bertz CT molecular complexity index is 433. The van der Waals surface area contributed by atoms with Crippen LogP contribution in [0, 0.1) is 0 Å². The van der Waals surface area contributed by atoms with E-state index in [0.717, 1.165) is 25.2 Å². The third kappa shape index (κ3) is 5.00. The fourth-order valence-corrected chi connectivity index (χ4v) is 1.66. The quantitative estimate of drug-likeness (QED) is 0.652. The van der Waals surface area contributed by atoms with E-state index in [1.807, 2.05) is 18.9 Å². The van der Waals surface area contributed by atoms with Gasteiger partial charge in [0.1, 0.15) is 0 Å². The zero-order chi connectivity index (χ0) is 14.3. The van der Waals surface area contributed by atoms with Crippen molar-refractivity contribution in [2.75, 3.05) is 31.6 Å². The number of aromatic nitrogens is 2. The fourth-order valence-electron chi connectivity index (χ4n) is 1.66. The normalized spacial score (nSPS) is 12.4. The van der Waals surface area contributed by atoms with Crippen LogP contribution in [0.15, 0.2) is 17.1 Å². The summed E-state index contributed by atoms with van der Waals surface area (Å²) in [5, 5.41) is 17.0. The lowest BCUT2D eigenvalue weighted by atomic mass is 10.3. The van der Waals surface area contributed by atoms with Gasteiger partial charge in [0.25, 0.3) is 5.56 Å². The van der Waals surface area contributed by atoms with Crippen LogP contribution in [0.25, 0.3) is 0 Å². The van der Waals surface area contributed by atoms with Crippen molar-refractivity contribution in [1.29, 1.82) is 0 Å². The second-order valence-electron chi connectivity index (χ2n) is 4.61. The molecule has 1 heterocycles. The third-order valence-electron chi connectivity index (χ3n) is 2.96. The van der Waals surface area contributed by atoms with E-state index in [2.05, 4.69) is 17.3 Å². The van der Waals surface area contributed by atoms with Crippen molar-refractivity contribution in [3.05, 3.63) is 22.6 Å². The molecule has 0 aliphatic rings. The van der Waals surface area contributed by atoms with Crippen LogP contribution in [0.5, 0.6) is 0 Å². The van der Waals surface area contributed by atoms with Gasteiger partial charge in [-0.05, 0) is 19.9 Å². The van der Waals surface area contributed by atoms with Crippen LogP contribution >= 0.6 is 0 Å². The van der Waals surface area contributed by atoms with E-state index in [4.69, 9.17) is 0 Å². The highest BCUT2D eigenvalue weighted by Crippen LogP contribution is 2.05. The summed E-state index contributed by atoms with van der Waals surface area (Å²) in [6.45, 7) is 6.43. The standard InChI is InChI=1S/C13H24N4O2/c1-4-6-14-9-12(18)10-17-13(19)7-11(8-15-17)16(3)5-2/h7-8,12,14,18H,4-6,9-10H2,1-3H3. The van der Waals surface area contributed by atoms with Crippen LogP contribution in [0.1, 0.15) is 20.3 Å². The lowest BCUT2D eigenvalue weighted by Crippen LogP contribution is -2.35. The minimum Gasteiger partial charge on any atom is -0.390 e. The molecule has 6 heteroatoms. The minimum atomic E-state index is -0.605. The molecular formula is C13H24N4O2. The first kappa shape index (κ1) is 15.7. The Hall–Kier alpha value is -1.40. The van der Waals surface area contributed by atoms with Crippen molar-refractivity contribution in [1.82, 2.24) is 15.1 Å². The summed E-state index contributed by atoms with van der Waals surface area (Å²) in [5.74, 6) is 0. The molecule has 19 heavy (non-hydrogen) atoms. The number of nitrogens with zero attached hydrogens (tertiary/aromatic N) is 3. The maximum Gasteiger partial charge on any atom is 0.268 e. The Kier molecular flexibility index (Phi) is 6.52. The lowest BCUT2D eigenvalue weighted by molar-refractivity contribution is 0.145. The molecular weight excluding hydrogens is 244 g/mol. The first-order valence-corrected chi connectivity index (χ1v) is 6.75. The Morgan fingerprint density at radius 2 is 2.26 bits per heavy atom. The number of anilines is 1. The van der Waals surface area contributed by atoms with E-state index in [9.17, 15) is 9.90 Å². The lowest BCUT2D eigenvalue weighted by Gasteiger charge is -2.17. The summed E-state index contributed by atoms with van der Waals surface area (Å²) in [7, 11) is 1.91. The highest BCUT2D eigenvalue weighted by atomic mass is 16.3. The molecule has 0 amide bonds. The molecule has 6 nitrogen and oxygen atoms in total. The van der Waals surface area contributed by atoms with Crippen LogP contribution in [-0.2, 0) is 6.54 Å². The SMILES string of the molecule is CCCNCC(O)Cn1ncc(N(C)CC)cc1=O. The van der Waals surface area contributed by atoms with Crippen molar-refractivity contribution in [3.8, 4) is 0 Å². The molecule has 0 saturated carbocycles. The molecule has 0 aliphatic carbocycles. The van der Waals surface area contributed by atoms with Crippen molar-refractivity contribution >= 4 is 5.69 Å². The first-order chi connectivity index (χ1) is 9.08. The van der Waals surface area contributed by atoms with Gasteiger partial charge in [-0.2, -0.15) is 5.10 Å². The van der Waals surface area contributed by atoms with Crippen LogP contribution in [-0.4, -0.2) is 47.7 Å². The average Bonchev–Trinajstić information content (AvgIpc) is 2.40. The van der Waals surface area contributed by atoms with E-state index in [0.29, 0.717) is 6.54 Å². The van der Waals surface area contributed by atoms with Crippen molar-refractivity contribution in [2.45, 2.75) is 32.9 Å². The summed E-state index contributed by atoms with van der Waals surface area (Å²) >= 11 is 0. The molecule has 1 rings (SSSR count). The fraction of sp³-hybridized carbons (Fsp3) is 0.692. The number of hydrogen-bond donors (Lipinski definition) is 2. The number of nitrogens with one attached hydrogen (secondary N) is 1. The Balaban J connectivity index is 2.62. The molecule has 0 aromatic carbocycles. The largest absolute Gasteiger partial charge is 0.390 e. The van der Waals surface area contributed by atoms with Crippen molar-refractivity contribution in [3.63, 3.8) is 0 Å². The van der Waals surface area contributed by atoms with Gasteiger partial charge in [0.2, 0.25) is 0 Å². The van der Waals surface area contributed by atoms with Gasteiger partial charge >= 0.3 is 0 Å².